The van der Waals surface area contributed by atoms with E-state index in [9.17, 15) is 18.0 Å². The van der Waals surface area contributed by atoms with Crippen LogP contribution in [0.25, 0.3) is 11.0 Å². The molecule has 8 heteroatoms. The Morgan fingerprint density at radius 2 is 1.96 bits per heavy atom. The number of amides is 1. The van der Waals surface area contributed by atoms with Crippen molar-refractivity contribution in [2.75, 3.05) is 5.32 Å². The van der Waals surface area contributed by atoms with Crippen molar-refractivity contribution in [3.05, 3.63) is 54.1 Å². The lowest BCUT2D eigenvalue weighted by atomic mass is 10.1. The average Bonchev–Trinajstić information content (AvgIpc) is 2.99. The van der Waals surface area contributed by atoms with Crippen LogP contribution in [0, 0.1) is 0 Å². The predicted molar refractivity (Wildman–Crippen MR) is 86.9 cm³/mol. The SMILES string of the molecule is CCC(C(=O)Nc1cccc(C(F)(F)F)c1)n1nnc2ccccc21. The van der Waals surface area contributed by atoms with Crippen LogP contribution in [-0.4, -0.2) is 20.9 Å². The summed E-state index contributed by atoms with van der Waals surface area (Å²) in [7, 11) is 0. The summed E-state index contributed by atoms with van der Waals surface area (Å²) >= 11 is 0. The van der Waals surface area contributed by atoms with Gasteiger partial charge in [-0.05, 0) is 36.8 Å². The number of anilines is 1. The minimum Gasteiger partial charge on any atom is -0.324 e. The highest BCUT2D eigenvalue weighted by Gasteiger charge is 2.31. The monoisotopic (exact) mass is 348 g/mol. The number of hydrogen-bond donors (Lipinski definition) is 1. The molecule has 0 bridgehead atoms. The van der Waals surface area contributed by atoms with Gasteiger partial charge < -0.3 is 5.32 Å². The molecule has 0 radical (unpaired) electrons. The van der Waals surface area contributed by atoms with Crippen LogP contribution in [0.1, 0.15) is 24.9 Å². The summed E-state index contributed by atoms with van der Waals surface area (Å²) in [6, 6.07) is 11.0. The summed E-state index contributed by atoms with van der Waals surface area (Å²) < 4.78 is 39.9. The lowest BCUT2D eigenvalue weighted by Crippen LogP contribution is -2.26. The molecule has 130 valence electrons. The summed E-state index contributed by atoms with van der Waals surface area (Å²) in [5.74, 6) is -0.447. The fourth-order valence-corrected chi connectivity index (χ4v) is 2.59. The molecule has 5 nitrogen and oxygen atoms in total. The van der Waals surface area contributed by atoms with Gasteiger partial charge in [0, 0.05) is 5.69 Å². The van der Waals surface area contributed by atoms with Crippen molar-refractivity contribution < 1.29 is 18.0 Å². The Morgan fingerprint density at radius 1 is 1.20 bits per heavy atom. The molecule has 0 spiro atoms. The van der Waals surface area contributed by atoms with Crippen molar-refractivity contribution in [2.45, 2.75) is 25.6 Å². The Balaban J connectivity index is 1.86. The van der Waals surface area contributed by atoms with Gasteiger partial charge in [0.15, 0.2) is 0 Å². The zero-order chi connectivity index (χ0) is 18.0. The molecule has 1 heterocycles. The van der Waals surface area contributed by atoms with Crippen LogP contribution in [-0.2, 0) is 11.0 Å². The summed E-state index contributed by atoms with van der Waals surface area (Å²) in [4.78, 5) is 12.6. The second kappa shape index (κ2) is 6.54. The van der Waals surface area contributed by atoms with Crippen LogP contribution in [0.4, 0.5) is 18.9 Å². The zero-order valence-corrected chi connectivity index (χ0v) is 13.3. The summed E-state index contributed by atoms with van der Waals surface area (Å²) in [6.07, 6.45) is -4.05. The van der Waals surface area contributed by atoms with Gasteiger partial charge in [0.25, 0.3) is 0 Å². The fraction of sp³-hybridized carbons (Fsp3) is 0.235. The van der Waals surface area contributed by atoms with Crippen LogP contribution in [0.5, 0.6) is 0 Å². The molecule has 0 aliphatic carbocycles. The maximum absolute atomic E-state index is 12.8. The molecular formula is C17H15F3N4O. The third-order valence-corrected chi connectivity index (χ3v) is 3.82. The number of hydrogen-bond acceptors (Lipinski definition) is 3. The molecule has 25 heavy (non-hydrogen) atoms. The predicted octanol–water partition coefficient (Wildman–Crippen LogP) is 4.04. The van der Waals surface area contributed by atoms with Crippen molar-refractivity contribution in [1.29, 1.82) is 0 Å². The zero-order valence-electron chi connectivity index (χ0n) is 13.3. The van der Waals surface area contributed by atoms with E-state index in [1.807, 2.05) is 6.07 Å². The Morgan fingerprint density at radius 3 is 2.68 bits per heavy atom. The van der Waals surface area contributed by atoms with Gasteiger partial charge in [-0.3, -0.25) is 4.79 Å². The molecule has 3 rings (SSSR count). The highest BCUT2D eigenvalue weighted by Crippen LogP contribution is 2.31. The molecule has 1 amide bonds. The fourth-order valence-electron chi connectivity index (χ4n) is 2.59. The summed E-state index contributed by atoms with van der Waals surface area (Å²) in [5.41, 5.74) is 0.605. The lowest BCUT2D eigenvalue weighted by molar-refractivity contribution is -0.137. The van der Waals surface area contributed by atoms with E-state index in [1.165, 1.54) is 16.8 Å². The summed E-state index contributed by atoms with van der Waals surface area (Å²) in [5, 5.41) is 10.6. The Labute approximate surface area is 141 Å². The molecule has 1 atom stereocenters. The van der Waals surface area contributed by atoms with E-state index < -0.39 is 23.7 Å². The molecular weight excluding hydrogens is 333 g/mol. The molecule has 3 aromatic rings. The minimum absolute atomic E-state index is 0.0858. The number of alkyl halides is 3. The number of nitrogens with zero attached hydrogens (tertiary/aromatic N) is 3. The number of halogens is 3. The van der Waals surface area contributed by atoms with Gasteiger partial charge >= 0.3 is 6.18 Å². The topological polar surface area (TPSA) is 59.8 Å². The number of rotatable bonds is 4. The van der Waals surface area contributed by atoms with E-state index in [4.69, 9.17) is 0 Å². The lowest BCUT2D eigenvalue weighted by Gasteiger charge is -2.16. The van der Waals surface area contributed by atoms with Gasteiger partial charge in [-0.15, -0.1) is 5.10 Å². The number of fused-ring (bicyclic) bond motifs is 1. The number of carbonyl (C=O) groups excluding carboxylic acids is 1. The van der Waals surface area contributed by atoms with Crippen molar-refractivity contribution >= 4 is 22.6 Å². The van der Waals surface area contributed by atoms with Gasteiger partial charge in [-0.2, -0.15) is 13.2 Å². The smallest absolute Gasteiger partial charge is 0.324 e. The average molecular weight is 348 g/mol. The number of carbonyl (C=O) groups is 1. The van der Waals surface area contributed by atoms with E-state index in [0.29, 0.717) is 17.5 Å². The van der Waals surface area contributed by atoms with E-state index in [1.54, 1.807) is 25.1 Å². The molecule has 1 aromatic heterocycles. The Hall–Kier alpha value is -2.90. The standard InChI is InChI=1S/C17H15F3N4O/c1-2-14(24-15-9-4-3-8-13(15)22-23-24)16(25)21-12-7-5-6-11(10-12)17(18,19)20/h3-10,14H,2H2,1H3,(H,21,25). The molecule has 0 aliphatic heterocycles. The molecule has 0 fully saturated rings. The van der Waals surface area contributed by atoms with Crippen LogP contribution in [0.3, 0.4) is 0 Å². The van der Waals surface area contributed by atoms with Crippen LogP contribution >= 0.6 is 0 Å². The maximum atomic E-state index is 12.8. The van der Waals surface area contributed by atoms with E-state index in [-0.39, 0.29) is 5.69 Å². The normalized spacial score (nSPS) is 13.0. The molecule has 2 aromatic carbocycles. The van der Waals surface area contributed by atoms with Crippen molar-refractivity contribution in [3.8, 4) is 0 Å². The van der Waals surface area contributed by atoms with Crippen molar-refractivity contribution in [3.63, 3.8) is 0 Å². The van der Waals surface area contributed by atoms with E-state index in [0.717, 1.165) is 12.1 Å². The van der Waals surface area contributed by atoms with Crippen LogP contribution < -0.4 is 5.32 Å². The van der Waals surface area contributed by atoms with Gasteiger partial charge in [-0.1, -0.05) is 30.3 Å². The summed E-state index contributed by atoms with van der Waals surface area (Å²) in [6.45, 7) is 1.80. The first kappa shape index (κ1) is 16.9. The molecule has 0 aliphatic rings. The van der Waals surface area contributed by atoms with Gasteiger partial charge in [0.05, 0.1) is 11.1 Å². The van der Waals surface area contributed by atoms with Gasteiger partial charge in [0.2, 0.25) is 5.91 Å². The largest absolute Gasteiger partial charge is 0.416 e. The second-order valence-corrected chi connectivity index (χ2v) is 5.51. The van der Waals surface area contributed by atoms with E-state index in [2.05, 4.69) is 15.6 Å². The Kier molecular flexibility index (Phi) is 4.43. The first-order chi connectivity index (χ1) is 11.9. The third-order valence-electron chi connectivity index (χ3n) is 3.82. The van der Waals surface area contributed by atoms with Crippen LogP contribution in [0.2, 0.25) is 0 Å². The first-order valence-corrected chi connectivity index (χ1v) is 7.68. The third kappa shape index (κ3) is 3.47. The highest BCUT2D eigenvalue weighted by molar-refractivity contribution is 5.94. The maximum Gasteiger partial charge on any atom is 0.416 e. The number of para-hydroxylation sites is 1. The molecule has 0 saturated carbocycles. The number of aromatic nitrogens is 3. The number of nitrogens with one attached hydrogen (secondary N) is 1. The second-order valence-electron chi connectivity index (χ2n) is 5.51. The molecule has 1 N–H and O–H groups in total. The quantitative estimate of drug-likeness (QED) is 0.774. The van der Waals surface area contributed by atoms with Gasteiger partial charge in [0.1, 0.15) is 11.6 Å². The molecule has 1 unspecified atom stereocenters. The van der Waals surface area contributed by atoms with Crippen molar-refractivity contribution in [2.24, 2.45) is 0 Å². The van der Waals surface area contributed by atoms with Crippen molar-refractivity contribution in [1.82, 2.24) is 15.0 Å². The first-order valence-electron chi connectivity index (χ1n) is 7.68. The van der Waals surface area contributed by atoms with Crippen LogP contribution in [0.15, 0.2) is 48.5 Å². The van der Waals surface area contributed by atoms with Gasteiger partial charge in [-0.25, -0.2) is 4.68 Å². The minimum atomic E-state index is -4.47. The highest BCUT2D eigenvalue weighted by atomic mass is 19.4. The van der Waals surface area contributed by atoms with E-state index >= 15 is 0 Å². The number of benzene rings is 2. The Bertz CT molecular complexity index is 904. The molecule has 0 saturated heterocycles.